The van der Waals surface area contributed by atoms with Crippen molar-refractivity contribution in [2.24, 2.45) is 11.8 Å². The Hall–Kier alpha value is -0.380. The highest BCUT2D eigenvalue weighted by atomic mass is 35.5. The Labute approximate surface area is 135 Å². The van der Waals surface area contributed by atoms with Crippen LogP contribution in [0.1, 0.15) is 39.2 Å². The van der Waals surface area contributed by atoms with Gasteiger partial charge in [-0.05, 0) is 69.6 Å². The predicted octanol–water partition coefficient (Wildman–Crippen LogP) is 4.06. The molecule has 2 aliphatic rings. The van der Waals surface area contributed by atoms with Crippen LogP contribution in [0.4, 0.5) is 0 Å². The summed E-state index contributed by atoms with van der Waals surface area (Å²) < 4.78 is 14.9. The van der Waals surface area contributed by atoms with Crippen LogP contribution in [-0.2, 0) is 17.4 Å². The fourth-order valence-corrected chi connectivity index (χ4v) is 4.89. The molecule has 1 aromatic rings. The minimum atomic E-state index is -0.919. The summed E-state index contributed by atoms with van der Waals surface area (Å²) in [6.07, 6.45) is 3.49. The van der Waals surface area contributed by atoms with Gasteiger partial charge in [-0.25, -0.2) is 8.51 Å². The highest BCUT2D eigenvalue weighted by Crippen LogP contribution is 2.48. The highest BCUT2D eigenvalue weighted by molar-refractivity contribution is 7.84. The first kappa shape index (κ1) is 15.5. The third kappa shape index (κ3) is 3.52. The Balaban J connectivity index is 1.77. The van der Waals surface area contributed by atoms with Crippen LogP contribution in [0.2, 0.25) is 5.02 Å². The summed E-state index contributed by atoms with van der Waals surface area (Å²) in [5, 5.41) is 0.778. The molecule has 2 fully saturated rings. The van der Waals surface area contributed by atoms with E-state index in [9.17, 15) is 4.21 Å². The lowest BCUT2D eigenvalue weighted by molar-refractivity contribution is 0.248. The van der Waals surface area contributed by atoms with Crippen molar-refractivity contribution in [3.63, 3.8) is 0 Å². The second kappa shape index (κ2) is 5.68. The van der Waals surface area contributed by atoms with Gasteiger partial charge >= 0.3 is 0 Å². The van der Waals surface area contributed by atoms with E-state index in [0.29, 0.717) is 6.04 Å². The molecule has 0 amide bonds. The van der Waals surface area contributed by atoms with Crippen molar-refractivity contribution in [2.75, 3.05) is 6.54 Å². The topological polar surface area (TPSA) is 20.3 Å². The van der Waals surface area contributed by atoms with Crippen LogP contribution in [-0.4, -0.2) is 25.8 Å². The number of fused-ring (bicyclic) bond motifs is 1. The maximum Gasteiger partial charge on any atom is 0.1000 e. The Kier molecular flexibility index (Phi) is 4.19. The molecule has 116 valence electrons. The summed E-state index contributed by atoms with van der Waals surface area (Å²) in [7, 11) is -0.919. The van der Waals surface area contributed by atoms with E-state index in [-0.39, 0.29) is 4.75 Å². The van der Waals surface area contributed by atoms with Gasteiger partial charge in [-0.1, -0.05) is 23.7 Å². The predicted molar refractivity (Wildman–Crippen MR) is 89.8 cm³/mol. The van der Waals surface area contributed by atoms with Gasteiger partial charge in [0.05, 0.1) is 15.7 Å². The Morgan fingerprint density at radius 2 is 1.86 bits per heavy atom. The maximum absolute atomic E-state index is 12.9. The Bertz CT molecular complexity index is 537. The lowest BCUT2D eigenvalue weighted by Gasteiger charge is -2.38. The molecule has 1 saturated carbocycles. The van der Waals surface area contributed by atoms with Gasteiger partial charge in [-0.15, -0.1) is 0 Å². The number of hydrogen-bond donors (Lipinski definition) is 0. The number of halogens is 1. The molecule has 4 heteroatoms. The summed E-state index contributed by atoms with van der Waals surface area (Å²) in [6, 6.07) is 8.49. The van der Waals surface area contributed by atoms with Gasteiger partial charge in [0.25, 0.3) is 0 Å². The van der Waals surface area contributed by atoms with E-state index in [0.717, 1.165) is 29.8 Å². The molecule has 1 aliphatic heterocycles. The summed E-state index contributed by atoms with van der Waals surface area (Å²) in [5.41, 5.74) is 1.29. The van der Waals surface area contributed by atoms with E-state index in [1.165, 1.54) is 18.4 Å². The summed E-state index contributed by atoms with van der Waals surface area (Å²) in [5.74, 6) is 1.66. The zero-order chi connectivity index (χ0) is 15.2. The third-order valence-electron chi connectivity index (χ3n) is 4.59. The van der Waals surface area contributed by atoms with Crippen molar-refractivity contribution in [2.45, 2.75) is 50.8 Å². The van der Waals surface area contributed by atoms with Crippen molar-refractivity contribution < 1.29 is 4.21 Å². The normalized spacial score (nSPS) is 30.8. The van der Waals surface area contributed by atoms with Crippen LogP contribution in [0, 0.1) is 11.8 Å². The van der Waals surface area contributed by atoms with Crippen LogP contribution in [0.15, 0.2) is 24.3 Å². The molecule has 3 rings (SSSR count). The molecule has 0 bridgehead atoms. The first-order valence-electron chi connectivity index (χ1n) is 7.77. The molecule has 1 aromatic carbocycles. The fourth-order valence-electron chi connectivity index (χ4n) is 3.30. The van der Waals surface area contributed by atoms with Gasteiger partial charge in [0, 0.05) is 17.6 Å². The minimum absolute atomic E-state index is 0.181. The van der Waals surface area contributed by atoms with E-state index < -0.39 is 11.0 Å². The number of rotatable bonds is 3. The minimum Gasteiger partial charge on any atom is -0.242 e. The maximum atomic E-state index is 12.9. The van der Waals surface area contributed by atoms with Crippen LogP contribution >= 0.6 is 11.6 Å². The van der Waals surface area contributed by atoms with Gasteiger partial charge < -0.3 is 0 Å². The number of piperidine rings is 1. The molecular weight excluding hydrogens is 302 g/mol. The van der Waals surface area contributed by atoms with Crippen molar-refractivity contribution in [1.82, 2.24) is 4.31 Å². The smallest absolute Gasteiger partial charge is 0.1000 e. The molecule has 2 nitrogen and oxygen atoms in total. The Morgan fingerprint density at radius 1 is 1.19 bits per heavy atom. The molecule has 2 unspecified atom stereocenters. The van der Waals surface area contributed by atoms with E-state index >= 15 is 0 Å². The van der Waals surface area contributed by atoms with Crippen LogP contribution in [0.5, 0.6) is 0 Å². The molecule has 21 heavy (non-hydrogen) atoms. The first-order valence-corrected chi connectivity index (χ1v) is 9.26. The van der Waals surface area contributed by atoms with Crippen molar-refractivity contribution >= 4 is 22.6 Å². The van der Waals surface area contributed by atoms with E-state index in [1.54, 1.807) is 0 Å². The van der Waals surface area contributed by atoms with Gasteiger partial charge in [0.15, 0.2) is 0 Å². The molecule has 0 aromatic heterocycles. The van der Waals surface area contributed by atoms with Crippen LogP contribution < -0.4 is 0 Å². The molecule has 0 radical (unpaired) electrons. The van der Waals surface area contributed by atoms with Crippen LogP contribution in [0.25, 0.3) is 0 Å². The number of benzene rings is 1. The van der Waals surface area contributed by atoms with E-state index in [4.69, 9.17) is 11.6 Å². The van der Waals surface area contributed by atoms with Crippen molar-refractivity contribution in [3.8, 4) is 0 Å². The van der Waals surface area contributed by atoms with Gasteiger partial charge in [0.1, 0.15) is 0 Å². The Morgan fingerprint density at radius 3 is 2.48 bits per heavy atom. The fraction of sp³-hybridized carbons (Fsp3) is 0.647. The zero-order valence-electron chi connectivity index (χ0n) is 13.0. The van der Waals surface area contributed by atoms with Crippen molar-refractivity contribution in [3.05, 3.63) is 34.9 Å². The largest absolute Gasteiger partial charge is 0.242 e. The molecular formula is C17H24ClNOS. The zero-order valence-corrected chi connectivity index (χ0v) is 14.6. The second-order valence-electron chi connectivity index (χ2n) is 7.44. The van der Waals surface area contributed by atoms with Gasteiger partial charge in [-0.3, -0.25) is 0 Å². The summed E-state index contributed by atoms with van der Waals surface area (Å²) in [4.78, 5) is 0. The molecule has 1 saturated heterocycles. The lowest BCUT2D eigenvalue weighted by Crippen LogP contribution is -2.48. The lowest BCUT2D eigenvalue weighted by atomic mass is 9.97. The first-order chi connectivity index (χ1) is 9.84. The summed E-state index contributed by atoms with van der Waals surface area (Å²) in [6.45, 7) is 7.22. The summed E-state index contributed by atoms with van der Waals surface area (Å²) >= 11 is 5.96. The monoisotopic (exact) mass is 325 g/mol. The van der Waals surface area contributed by atoms with Gasteiger partial charge in [-0.2, -0.15) is 0 Å². The standard InChI is InChI=1S/C17H24ClNOS/c1-17(2,3)21(20)19-11-14-9-13(14)10-16(19)8-12-4-6-15(18)7-5-12/h4-7,13-14,16H,8-11H2,1-3H3/t13?,14?,16-,21+/m0/s1. The van der Waals surface area contributed by atoms with E-state index in [1.807, 2.05) is 12.1 Å². The SMILES string of the molecule is CC(C)(C)[S@@](=O)N1CC2CC2C[C@@H]1Cc1ccc(Cl)cc1. The van der Waals surface area contributed by atoms with Gasteiger partial charge in [0.2, 0.25) is 0 Å². The number of nitrogens with zero attached hydrogens (tertiary/aromatic N) is 1. The average molecular weight is 326 g/mol. The molecule has 0 spiro atoms. The number of hydrogen-bond acceptors (Lipinski definition) is 1. The molecule has 4 atom stereocenters. The molecule has 0 N–H and O–H groups in total. The quantitative estimate of drug-likeness (QED) is 0.820. The third-order valence-corrected chi connectivity index (χ3v) is 6.76. The van der Waals surface area contributed by atoms with Crippen molar-refractivity contribution in [1.29, 1.82) is 0 Å². The van der Waals surface area contributed by atoms with Crippen LogP contribution in [0.3, 0.4) is 0 Å². The van der Waals surface area contributed by atoms with E-state index in [2.05, 4.69) is 37.2 Å². The average Bonchev–Trinajstić information content (AvgIpc) is 3.17. The second-order valence-corrected chi connectivity index (χ2v) is 10.1. The molecule has 1 aliphatic carbocycles. The molecule has 1 heterocycles. The highest BCUT2D eigenvalue weighted by Gasteiger charge is 2.48.